The molecule has 1 aliphatic heterocycles. The lowest BCUT2D eigenvalue weighted by molar-refractivity contribution is 0.179. The van der Waals surface area contributed by atoms with Crippen molar-refractivity contribution in [2.45, 2.75) is 25.8 Å². The first kappa shape index (κ1) is 12.4. The quantitative estimate of drug-likeness (QED) is 0.867. The first-order chi connectivity index (χ1) is 7.98. The number of benzene rings is 1. The normalized spacial score (nSPS) is 24.0. The van der Waals surface area contributed by atoms with Crippen LogP contribution in [-0.4, -0.2) is 32.3 Å². The first-order valence-corrected chi connectivity index (χ1v) is 6.15. The van der Waals surface area contributed by atoms with Gasteiger partial charge in [-0.2, -0.15) is 0 Å². The van der Waals surface area contributed by atoms with Crippen molar-refractivity contribution in [3.05, 3.63) is 29.3 Å². The van der Waals surface area contributed by atoms with E-state index in [1.165, 1.54) is 16.8 Å². The highest BCUT2D eigenvalue weighted by Crippen LogP contribution is 2.22. The molecule has 2 N–H and O–H groups in total. The van der Waals surface area contributed by atoms with E-state index >= 15 is 0 Å². The van der Waals surface area contributed by atoms with Gasteiger partial charge in [-0.3, -0.25) is 0 Å². The summed E-state index contributed by atoms with van der Waals surface area (Å²) in [5.74, 6) is 0. The monoisotopic (exact) mass is 234 g/mol. The van der Waals surface area contributed by atoms with Crippen molar-refractivity contribution in [2.75, 3.05) is 31.7 Å². The number of nitrogens with two attached hydrogens (primary N) is 1. The molecule has 3 heteroatoms. The zero-order chi connectivity index (χ0) is 12.5. The average Bonchev–Trinajstić information content (AvgIpc) is 2.63. The maximum Gasteiger partial charge on any atom is 0.0664 e. The van der Waals surface area contributed by atoms with Crippen molar-refractivity contribution in [1.82, 2.24) is 0 Å². The van der Waals surface area contributed by atoms with Crippen molar-refractivity contribution in [3.8, 4) is 0 Å². The van der Waals surface area contributed by atoms with E-state index in [-0.39, 0.29) is 5.54 Å². The predicted molar refractivity (Wildman–Crippen MR) is 71.5 cm³/mol. The molecule has 1 saturated heterocycles. The minimum Gasteiger partial charge on any atom is -0.379 e. The van der Waals surface area contributed by atoms with Gasteiger partial charge in [0.15, 0.2) is 0 Å². The number of hydrogen-bond acceptors (Lipinski definition) is 3. The van der Waals surface area contributed by atoms with Crippen LogP contribution in [0.5, 0.6) is 0 Å². The number of anilines is 1. The van der Waals surface area contributed by atoms with E-state index in [0.29, 0.717) is 6.61 Å². The van der Waals surface area contributed by atoms with Gasteiger partial charge in [-0.25, -0.2) is 0 Å². The summed E-state index contributed by atoms with van der Waals surface area (Å²) in [5, 5.41) is 0. The third-order valence-electron chi connectivity index (χ3n) is 3.33. The molecule has 1 heterocycles. The molecular formula is C14H22N2O. The molecule has 1 aromatic rings. The topological polar surface area (TPSA) is 38.5 Å². The van der Waals surface area contributed by atoms with Crippen LogP contribution in [0, 0.1) is 13.8 Å². The van der Waals surface area contributed by atoms with Crippen LogP contribution in [0.1, 0.15) is 17.5 Å². The summed E-state index contributed by atoms with van der Waals surface area (Å²) in [6.45, 7) is 6.55. The second-order valence-corrected chi connectivity index (χ2v) is 5.37. The minimum absolute atomic E-state index is 0.188. The lowest BCUT2D eigenvalue weighted by atomic mass is 9.99. The minimum atomic E-state index is -0.188. The third-order valence-corrected chi connectivity index (χ3v) is 3.33. The van der Waals surface area contributed by atoms with Gasteiger partial charge in [0.1, 0.15) is 0 Å². The summed E-state index contributed by atoms with van der Waals surface area (Å²) in [6.07, 6.45) is 0.947. The maximum atomic E-state index is 6.31. The molecule has 0 bridgehead atoms. The molecular weight excluding hydrogens is 212 g/mol. The lowest BCUT2D eigenvalue weighted by Gasteiger charge is -2.30. The Hall–Kier alpha value is -1.06. The molecule has 0 aliphatic carbocycles. The van der Waals surface area contributed by atoms with Crippen LogP contribution in [-0.2, 0) is 4.74 Å². The molecule has 0 saturated carbocycles. The third kappa shape index (κ3) is 2.99. The van der Waals surface area contributed by atoms with E-state index in [1.807, 2.05) is 0 Å². The molecule has 1 aliphatic rings. The molecule has 1 fully saturated rings. The zero-order valence-corrected chi connectivity index (χ0v) is 11.0. The fourth-order valence-electron chi connectivity index (χ4n) is 2.48. The summed E-state index contributed by atoms with van der Waals surface area (Å²) in [5.41, 5.74) is 9.94. The molecule has 0 spiro atoms. The molecule has 0 amide bonds. The van der Waals surface area contributed by atoms with Gasteiger partial charge >= 0.3 is 0 Å². The number of likely N-dealkylation sites (N-methyl/N-ethyl adjacent to an activating group) is 1. The summed E-state index contributed by atoms with van der Waals surface area (Å²) in [6, 6.07) is 6.59. The second-order valence-electron chi connectivity index (χ2n) is 5.37. The van der Waals surface area contributed by atoms with E-state index < -0.39 is 0 Å². The van der Waals surface area contributed by atoms with E-state index in [4.69, 9.17) is 10.5 Å². The van der Waals surface area contributed by atoms with Crippen LogP contribution in [0.3, 0.4) is 0 Å². The van der Waals surface area contributed by atoms with Crippen molar-refractivity contribution in [1.29, 1.82) is 0 Å². The van der Waals surface area contributed by atoms with Crippen molar-refractivity contribution < 1.29 is 4.74 Å². The standard InChI is InChI=1S/C14H22N2O/c1-11-6-12(2)8-13(7-11)16(3)9-14(15)4-5-17-10-14/h6-8H,4-5,9-10,15H2,1-3H3. The smallest absolute Gasteiger partial charge is 0.0664 e. The van der Waals surface area contributed by atoms with Gasteiger partial charge in [-0.15, -0.1) is 0 Å². The van der Waals surface area contributed by atoms with E-state index in [2.05, 4.69) is 44.0 Å². The molecule has 1 unspecified atom stereocenters. The highest BCUT2D eigenvalue weighted by Gasteiger charge is 2.31. The molecule has 17 heavy (non-hydrogen) atoms. The molecule has 1 aromatic carbocycles. The van der Waals surface area contributed by atoms with E-state index in [9.17, 15) is 0 Å². The Kier molecular flexibility index (Phi) is 3.40. The number of nitrogens with zero attached hydrogens (tertiary/aromatic N) is 1. The second kappa shape index (κ2) is 4.67. The van der Waals surface area contributed by atoms with Crippen LogP contribution in [0.4, 0.5) is 5.69 Å². The van der Waals surface area contributed by atoms with Gasteiger partial charge in [0, 0.05) is 25.9 Å². The van der Waals surface area contributed by atoms with E-state index in [1.54, 1.807) is 0 Å². The highest BCUT2D eigenvalue weighted by atomic mass is 16.5. The molecule has 2 rings (SSSR count). The molecule has 1 atom stereocenters. The molecule has 0 aromatic heterocycles. The van der Waals surface area contributed by atoms with Crippen LogP contribution in [0.2, 0.25) is 0 Å². The van der Waals surface area contributed by atoms with Crippen LogP contribution < -0.4 is 10.6 Å². The van der Waals surface area contributed by atoms with E-state index in [0.717, 1.165) is 19.6 Å². The first-order valence-electron chi connectivity index (χ1n) is 6.15. The predicted octanol–water partition coefficient (Wildman–Crippen LogP) is 1.86. The largest absolute Gasteiger partial charge is 0.379 e. The van der Waals surface area contributed by atoms with Crippen molar-refractivity contribution >= 4 is 5.69 Å². The zero-order valence-electron chi connectivity index (χ0n) is 11.0. The molecule has 0 radical (unpaired) electrons. The van der Waals surface area contributed by atoms with Gasteiger partial charge in [0.05, 0.1) is 12.1 Å². The Bertz CT molecular complexity index is 377. The van der Waals surface area contributed by atoms with Gasteiger partial charge in [-0.1, -0.05) is 6.07 Å². The fourth-order valence-corrected chi connectivity index (χ4v) is 2.48. The Morgan fingerprint density at radius 1 is 1.29 bits per heavy atom. The molecule has 94 valence electrons. The maximum absolute atomic E-state index is 6.31. The number of aryl methyl sites for hydroxylation is 2. The Morgan fingerprint density at radius 2 is 1.94 bits per heavy atom. The SMILES string of the molecule is Cc1cc(C)cc(N(C)CC2(N)CCOC2)c1. The summed E-state index contributed by atoms with van der Waals surface area (Å²) in [4.78, 5) is 2.23. The van der Waals surface area contributed by atoms with Crippen LogP contribution in [0.25, 0.3) is 0 Å². The Morgan fingerprint density at radius 3 is 2.47 bits per heavy atom. The average molecular weight is 234 g/mol. The molecule has 3 nitrogen and oxygen atoms in total. The number of rotatable bonds is 3. The summed E-state index contributed by atoms with van der Waals surface area (Å²) >= 11 is 0. The van der Waals surface area contributed by atoms with Crippen LogP contribution in [0.15, 0.2) is 18.2 Å². The van der Waals surface area contributed by atoms with Crippen molar-refractivity contribution in [2.24, 2.45) is 5.73 Å². The highest BCUT2D eigenvalue weighted by molar-refractivity contribution is 5.50. The van der Waals surface area contributed by atoms with Gasteiger partial charge in [0.25, 0.3) is 0 Å². The number of hydrogen-bond donors (Lipinski definition) is 1. The fraction of sp³-hybridized carbons (Fsp3) is 0.571. The Labute approximate surface area is 104 Å². The van der Waals surface area contributed by atoms with Gasteiger partial charge < -0.3 is 15.4 Å². The van der Waals surface area contributed by atoms with Gasteiger partial charge in [0.2, 0.25) is 0 Å². The lowest BCUT2D eigenvalue weighted by Crippen LogP contribution is -2.50. The number of ether oxygens (including phenoxy) is 1. The van der Waals surface area contributed by atoms with Crippen LogP contribution >= 0.6 is 0 Å². The Balaban J connectivity index is 2.11. The van der Waals surface area contributed by atoms with Crippen molar-refractivity contribution in [3.63, 3.8) is 0 Å². The van der Waals surface area contributed by atoms with Gasteiger partial charge in [-0.05, 0) is 43.5 Å². The summed E-state index contributed by atoms with van der Waals surface area (Å²) < 4.78 is 5.39. The summed E-state index contributed by atoms with van der Waals surface area (Å²) in [7, 11) is 2.10.